The lowest BCUT2D eigenvalue weighted by Crippen LogP contribution is -2.42. The molecule has 0 spiro atoms. The minimum absolute atomic E-state index is 0.150. The van der Waals surface area contributed by atoms with Crippen molar-refractivity contribution in [3.8, 4) is 0 Å². The van der Waals surface area contributed by atoms with E-state index in [4.69, 9.17) is 0 Å². The molecule has 1 amide bonds. The van der Waals surface area contributed by atoms with Gasteiger partial charge in [0.2, 0.25) is 0 Å². The summed E-state index contributed by atoms with van der Waals surface area (Å²) in [6.07, 6.45) is 3.60. The van der Waals surface area contributed by atoms with Crippen LogP contribution >= 0.6 is 0 Å². The normalized spacial score (nSPS) is 17.5. The molecule has 2 N–H and O–H groups in total. The predicted molar refractivity (Wildman–Crippen MR) is 76.5 cm³/mol. The molecule has 1 aliphatic carbocycles. The summed E-state index contributed by atoms with van der Waals surface area (Å²) in [6, 6.07) is 7.56. The topological polar surface area (TPSA) is 69.2 Å². The number of para-hydroxylation sites is 1. The molecule has 0 atom stereocenters. The SMILES string of the molecule is CN(CC1(O)CCCC1)C(=O)c1n[nH]c2ccccc12. The van der Waals surface area contributed by atoms with Crippen molar-refractivity contribution in [2.45, 2.75) is 31.3 Å². The van der Waals surface area contributed by atoms with Gasteiger partial charge in [-0.25, -0.2) is 0 Å². The molecule has 0 bridgehead atoms. The zero-order valence-corrected chi connectivity index (χ0v) is 11.6. The van der Waals surface area contributed by atoms with Gasteiger partial charge in [-0.2, -0.15) is 5.10 Å². The van der Waals surface area contributed by atoms with E-state index in [2.05, 4.69) is 10.2 Å². The number of rotatable bonds is 3. The maximum Gasteiger partial charge on any atom is 0.274 e. The number of benzene rings is 1. The second-order valence-corrected chi connectivity index (χ2v) is 5.71. The summed E-state index contributed by atoms with van der Waals surface area (Å²) in [5, 5.41) is 18.2. The number of aromatic nitrogens is 2. The molecule has 1 aliphatic rings. The van der Waals surface area contributed by atoms with Crippen molar-refractivity contribution in [3.63, 3.8) is 0 Å². The monoisotopic (exact) mass is 273 g/mol. The van der Waals surface area contributed by atoms with Crippen LogP contribution in [0.3, 0.4) is 0 Å². The smallest absolute Gasteiger partial charge is 0.274 e. The number of hydrogen-bond acceptors (Lipinski definition) is 3. The summed E-state index contributed by atoms with van der Waals surface area (Å²) in [7, 11) is 1.72. The Labute approximate surface area is 117 Å². The van der Waals surface area contributed by atoms with Gasteiger partial charge in [0.1, 0.15) is 0 Å². The number of amides is 1. The Morgan fingerprint density at radius 3 is 2.85 bits per heavy atom. The number of hydrogen-bond donors (Lipinski definition) is 2. The summed E-state index contributed by atoms with van der Waals surface area (Å²) in [5.41, 5.74) is 0.546. The van der Waals surface area contributed by atoms with E-state index in [1.54, 1.807) is 11.9 Å². The number of carbonyl (C=O) groups excluding carboxylic acids is 1. The van der Waals surface area contributed by atoms with E-state index in [0.29, 0.717) is 12.2 Å². The highest BCUT2D eigenvalue weighted by molar-refractivity contribution is 6.04. The molecule has 2 aromatic rings. The third-order valence-electron chi connectivity index (χ3n) is 4.09. The number of nitrogens with zero attached hydrogens (tertiary/aromatic N) is 2. The number of likely N-dealkylation sites (N-methyl/N-ethyl adjacent to an activating group) is 1. The maximum absolute atomic E-state index is 12.5. The van der Waals surface area contributed by atoms with Crippen LogP contribution in [-0.2, 0) is 0 Å². The van der Waals surface area contributed by atoms with Gasteiger partial charge >= 0.3 is 0 Å². The molecular weight excluding hydrogens is 254 g/mol. The zero-order chi connectivity index (χ0) is 14.2. The maximum atomic E-state index is 12.5. The van der Waals surface area contributed by atoms with Crippen molar-refractivity contribution in [1.82, 2.24) is 15.1 Å². The Hall–Kier alpha value is -1.88. The molecule has 5 nitrogen and oxygen atoms in total. The van der Waals surface area contributed by atoms with E-state index in [1.165, 1.54) is 0 Å². The predicted octanol–water partition coefficient (Wildman–Crippen LogP) is 1.94. The number of aromatic amines is 1. The van der Waals surface area contributed by atoms with Crippen molar-refractivity contribution >= 4 is 16.8 Å². The summed E-state index contributed by atoms with van der Waals surface area (Å²) in [4.78, 5) is 14.1. The van der Waals surface area contributed by atoms with Gasteiger partial charge in [-0.15, -0.1) is 0 Å². The van der Waals surface area contributed by atoms with Crippen LogP contribution < -0.4 is 0 Å². The summed E-state index contributed by atoms with van der Waals surface area (Å²) in [5.74, 6) is -0.150. The molecule has 5 heteroatoms. The quantitative estimate of drug-likeness (QED) is 0.898. The van der Waals surface area contributed by atoms with Gasteiger partial charge in [-0.05, 0) is 18.9 Å². The van der Waals surface area contributed by atoms with Crippen LogP contribution in [-0.4, -0.2) is 45.3 Å². The fourth-order valence-corrected chi connectivity index (χ4v) is 3.01. The van der Waals surface area contributed by atoms with Crippen LogP contribution in [0.4, 0.5) is 0 Å². The molecule has 1 aromatic heterocycles. The third kappa shape index (κ3) is 2.29. The average Bonchev–Trinajstić information content (AvgIpc) is 3.04. The molecule has 20 heavy (non-hydrogen) atoms. The Morgan fingerprint density at radius 1 is 1.40 bits per heavy atom. The van der Waals surface area contributed by atoms with E-state index >= 15 is 0 Å². The molecular formula is C15H19N3O2. The Morgan fingerprint density at radius 2 is 2.10 bits per heavy atom. The summed E-state index contributed by atoms with van der Waals surface area (Å²) >= 11 is 0. The van der Waals surface area contributed by atoms with Crippen LogP contribution in [0.25, 0.3) is 10.9 Å². The first-order valence-corrected chi connectivity index (χ1v) is 7.00. The number of H-pyrrole nitrogens is 1. The molecule has 3 rings (SSSR count). The van der Waals surface area contributed by atoms with Gasteiger partial charge in [0, 0.05) is 19.0 Å². The second kappa shape index (κ2) is 4.90. The van der Waals surface area contributed by atoms with E-state index in [0.717, 1.165) is 36.6 Å². The minimum Gasteiger partial charge on any atom is -0.388 e. The molecule has 1 aromatic carbocycles. The fourth-order valence-electron chi connectivity index (χ4n) is 3.01. The first-order valence-electron chi connectivity index (χ1n) is 7.00. The lowest BCUT2D eigenvalue weighted by Gasteiger charge is -2.28. The van der Waals surface area contributed by atoms with Crippen LogP contribution in [0.1, 0.15) is 36.2 Å². The Kier molecular flexibility index (Phi) is 3.22. The first-order chi connectivity index (χ1) is 9.59. The lowest BCUT2D eigenvalue weighted by molar-refractivity contribution is 0.0155. The Balaban J connectivity index is 1.81. The lowest BCUT2D eigenvalue weighted by atomic mass is 10.0. The van der Waals surface area contributed by atoms with Crippen LogP contribution in [0, 0.1) is 0 Å². The molecule has 0 unspecified atom stereocenters. The highest BCUT2D eigenvalue weighted by atomic mass is 16.3. The standard InChI is InChI=1S/C15H19N3O2/c1-18(10-15(20)8-4-5-9-15)14(19)13-11-6-2-3-7-12(11)16-17-13/h2-3,6-7,20H,4-5,8-10H2,1H3,(H,16,17). The van der Waals surface area contributed by atoms with Gasteiger partial charge in [0.25, 0.3) is 5.91 Å². The summed E-state index contributed by atoms with van der Waals surface area (Å²) in [6.45, 7) is 0.368. The van der Waals surface area contributed by atoms with E-state index < -0.39 is 5.60 Å². The average molecular weight is 273 g/mol. The van der Waals surface area contributed by atoms with Gasteiger partial charge in [-0.3, -0.25) is 9.89 Å². The van der Waals surface area contributed by atoms with Gasteiger partial charge in [0.15, 0.2) is 5.69 Å². The van der Waals surface area contributed by atoms with E-state index in [-0.39, 0.29) is 5.91 Å². The largest absolute Gasteiger partial charge is 0.388 e. The molecule has 1 fully saturated rings. The first kappa shape index (κ1) is 13.1. The number of fused-ring (bicyclic) bond motifs is 1. The van der Waals surface area contributed by atoms with Gasteiger partial charge in [-0.1, -0.05) is 31.0 Å². The van der Waals surface area contributed by atoms with Crippen molar-refractivity contribution in [3.05, 3.63) is 30.0 Å². The second-order valence-electron chi connectivity index (χ2n) is 5.71. The Bertz CT molecular complexity index is 629. The van der Waals surface area contributed by atoms with Crippen molar-refractivity contribution in [2.24, 2.45) is 0 Å². The van der Waals surface area contributed by atoms with E-state index in [1.807, 2.05) is 24.3 Å². The van der Waals surface area contributed by atoms with Crippen molar-refractivity contribution in [2.75, 3.05) is 13.6 Å². The number of carbonyl (C=O) groups is 1. The molecule has 0 radical (unpaired) electrons. The third-order valence-corrected chi connectivity index (χ3v) is 4.09. The van der Waals surface area contributed by atoms with Gasteiger partial charge in [0.05, 0.1) is 11.1 Å². The zero-order valence-electron chi connectivity index (χ0n) is 11.6. The van der Waals surface area contributed by atoms with Crippen molar-refractivity contribution in [1.29, 1.82) is 0 Å². The van der Waals surface area contributed by atoms with Crippen LogP contribution in [0.15, 0.2) is 24.3 Å². The van der Waals surface area contributed by atoms with Gasteiger partial charge < -0.3 is 10.0 Å². The fraction of sp³-hybridized carbons (Fsp3) is 0.467. The molecule has 0 aliphatic heterocycles. The van der Waals surface area contributed by atoms with E-state index in [9.17, 15) is 9.90 Å². The molecule has 1 saturated carbocycles. The van der Waals surface area contributed by atoms with Crippen LogP contribution in [0.2, 0.25) is 0 Å². The minimum atomic E-state index is -0.726. The highest BCUT2D eigenvalue weighted by Crippen LogP contribution is 2.30. The molecule has 0 saturated heterocycles. The molecule has 106 valence electrons. The van der Waals surface area contributed by atoms with Crippen molar-refractivity contribution < 1.29 is 9.90 Å². The van der Waals surface area contributed by atoms with Crippen LogP contribution in [0.5, 0.6) is 0 Å². The molecule has 1 heterocycles. The number of nitrogens with one attached hydrogen (secondary N) is 1. The summed E-state index contributed by atoms with van der Waals surface area (Å²) < 4.78 is 0. The highest BCUT2D eigenvalue weighted by Gasteiger charge is 2.34. The number of aliphatic hydroxyl groups is 1.